The minimum Gasteiger partial charge on any atom is -0.549 e. The molecule has 0 rings (SSSR count). The van der Waals surface area contributed by atoms with E-state index in [1.165, 1.54) is 51.4 Å². The smallest absolute Gasteiger partial charge is 0.549 e. The third-order valence-electron chi connectivity index (χ3n) is 5.53. The fraction of sp³-hybridized carbons (Fsp3) is 0.808. The summed E-state index contributed by atoms with van der Waals surface area (Å²) >= 11 is 0. The molecule has 0 saturated heterocycles. The van der Waals surface area contributed by atoms with Crippen molar-refractivity contribution in [3.63, 3.8) is 0 Å². The molecule has 0 fully saturated rings. The van der Waals surface area contributed by atoms with E-state index in [4.69, 9.17) is 0 Å². The third-order valence-corrected chi connectivity index (χ3v) is 5.53. The van der Waals surface area contributed by atoms with E-state index >= 15 is 0 Å². The van der Waals surface area contributed by atoms with Crippen LogP contribution in [0.15, 0.2) is 24.3 Å². The number of carbonyl (C=O) groups excluding carboxylic acids is 1. The summed E-state index contributed by atoms with van der Waals surface area (Å²) < 4.78 is 0. The van der Waals surface area contributed by atoms with Gasteiger partial charge in [0.25, 0.3) is 0 Å². The summed E-state index contributed by atoms with van der Waals surface area (Å²) in [4.78, 5) is 13.2. The standard InChI is InChI=1S/C26H49NO2.K/c1-5-7-9-11-13-15-17-24(3)19-21-27(23-26(28)29)22-20-25(4)18-16-14-12-10-8-6-2;/h15-18,24-25H,5-14,19-23H2,1-4H3,(H,28,29);/q;+1/p-1/b17-15+,18-16+;. The number of allylic oxidation sites excluding steroid dienone is 4. The summed E-state index contributed by atoms with van der Waals surface area (Å²) in [6, 6.07) is 0. The Bertz CT molecular complexity index is 405. The maximum atomic E-state index is 11.1. The second-order valence-corrected chi connectivity index (χ2v) is 8.74. The van der Waals surface area contributed by atoms with Gasteiger partial charge < -0.3 is 9.90 Å². The maximum Gasteiger partial charge on any atom is 1.00 e. The maximum absolute atomic E-state index is 11.1. The largest absolute Gasteiger partial charge is 1.00 e. The van der Waals surface area contributed by atoms with Gasteiger partial charge in [0, 0.05) is 6.54 Å². The van der Waals surface area contributed by atoms with Crippen LogP contribution < -0.4 is 56.5 Å². The molecule has 2 unspecified atom stereocenters. The Labute approximate surface area is 230 Å². The molecule has 0 N–H and O–H groups in total. The number of carbonyl (C=O) groups is 1. The van der Waals surface area contributed by atoms with Gasteiger partial charge in [-0.1, -0.05) is 90.5 Å². The monoisotopic (exact) mass is 445 g/mol. The molecule has 30 heavy (non-hydrogen) atoms. The first-order valence-electron chi connectivity index (χ1n) is 12.2. The summed E-state index contributed by atoms with van der Waals surface area (Å²) in [5, 5.41) is 11.1. The molecular formula is C26H48KNO2. The summed E-state index contributed by atoms with van der Waals surface area (Å²) in [5.74, 6) is 0.0139. The molecule has 4 heteroatoms. The fourth-order valence-corrected chi connectivity index (χ4v) is 3.45. The van der Waals surface area contributed by atoms with E-state index in [9.17, 15) is 9.90 Å². The number of rotatable bonds is 20. The molecule has 2 atom stereocenters. The molecule has 0 aromatic carbocycles. The minimum atomic E-state index is -0.969. The Morgan fingerprint density at radius 1 is 0.800 bits per heavy atom. The number of hydrogen-bond acceptors (Lipinski definition) is 3. The van der Waals surface area contributed by atoms with Crippen LogP contribution in [-0.2, 0) is 4.79 Å². The van der Waals surface area contributed by atoms with E-state index in [-0.39, 0.29) is 57.9 Å². The van der Waals surface area contributed by atoms with Crippen molar-refractivity contribution in [3.8, 4) is 0 Å². The second-order valence-electron chi connectivity index (χ2n) is 8.74. The van der Waals surface area contributed by atoms with Gasteiger partial charge >= 0.3 is 51.4 Å². The molecule has 170 valence electrons. The van der Waals surface area contributed by atoms with Gasteiger partial charge in [0.05, 0.1) is 5.97 Å². The van der Waals surface area contributed by atoms with Crippen LogP contribution in [0.4, 0.5) is 0 Å². The third kappa shape index (κ3) is 23.2. The second kappa shape index (κ2) is 24.2. The van der Waals surface area contributed by atoms with Gasteiger partial charge in [0.2, 0.25) is 0 Å². The van der Waals surface area contributed by atoms with Crippen molar-refractivity contribution in [3.05, 3.63) is 24.3 Å². The Balaban J connectivity index is 0. The van der Waals surface area contributed by atoms with Crippen LogP contribution in [0.25, 0.3) is 0 Å². The predicted molar refractivity (Wildman–Crippen MR) is 125 cm³/mol. The fourth-order valence-electron chi connectivity index (χ4n) is 3.45. The average molecular weight is 446 g/mol. The number of hydrogen-bond donors (Lipinski definition) is 0. The van der Waals surface area contributed by atoms with E-state index in [0.717, 1.165) is 38.8 Å². The molecule has 0 bridgehead atoms. The summed E-state index contributed by atoms with van der Waals surface area (Å²) in [7, 11) is 0. The number of unbranched alkanes of at least 4 members (excludes halogenated alkanes) is 8. The number of aliphatic carboxylic acids is 1. The van der Waals surface area contributed by atoms with Crippen molar-refractivity contribution < 1.29 is 61.3 Å². The minimum absolute atomic E-state index is 0. The number of nitrogens with zero attached hydrogens (tertiary/aromatic N) is 1. The molecule has 0 aromatic rings. The van der Waals surface area contributed by atoms with Gasteiger partial charge in [0.1, 0.15) is 0 Å². The van der Waals surface area contributed by atoms with E-state index in [2.05, 4.69) is 52.0 Å². The van der Waals surface area contributed by atoms with E-state index in [1.54, 1.807) is 0 Å². The summed E-state index contributed by atoms with van der Waals surface area (Å²) in [6.45, 7) is 10.6. The first kappa shape index (κ1) is 32.7. The molecule has 0 radical (unpaired) electrons. The van der Waals surface area contributed by atoms with Crippen LogP contribution in [0.1, 0.15) is 105 Å². The van der Waals surface area contributed by atoms with E-state index in [0.29, 0.717) is 11.8 Å². The Morgan fingerprint density at radius 3 is 1.60 bits per heavy atom. The van der Waals surface area contributed by atoms with Crippen molar-refractivity contribution in [2.45, 2.75) is 105 Å². The number of carboxylic acid groups (broad SMARTS) is 1. The first-order valence-corrected chi connectivity index (χ1v) is 12.2. The van der Waals surface area contributed by atoms with Gasteiger partial charge in [-0.25, -0.2) is 0 Å². The molecule has 0 aromatic heterocycles. The molecule has 0 saturated carbocycles. The molecule has 0 amide bonds. The Hall–Kier alpha value is 0.546. The van der Waals surface area contributed by atoms with Gasteiger partial charge in [-0.05, 0) is 63.5 Å². The van der Waals surface area contributed by atoms with E-state index < -0.39 is 5.97 Å². The van der Waals surface area contributed by atoms with Crippen molar-refractivity contribution in [2.75, 3.05) is 19.6 Å². The van der Waals surface area contributed by atoms with Crippen LogP contribution in [0.2, 0.25) is 0 Å². The van der Waals surface area contributed by atoms with E-state index in [1.807, 2.05) is 4.90 Å². The zero-order valence-corrected chi connectivity index (χ0v) is 24.0. The van der Waals surface area contributed by atoms with Crippen molar-refractivity contribution in [1.82, 2.24) is 4.90 Å². The molecule has 0 aliphatic heterocycles. The molecule has 3 nitrogen and oxygen atoms in total. The molecule has 0 aliphatic rings. The zero-order valence-electron chi connectivity index (χ0n) is 20.8. The normalized spacial score (nSPS) is 13.8. The molecule has 0 heterocycles. The molecule has 0 aliphatic carbocycles. The van der Waals surface area contributed by atoms with Crippen molar-refractivity contribution in [2.24, 2.45) is 11.8 Å². The van der Waals surface area contributed by atoms with Crippen LogP contribution >= 0.6 is 0 Å². The van der Waals surface area contributed by atoms with Gasteiger partial charge in [-0.3, -0.25) is 4.90 Å². The molecular weight excluding hydrogens is 397 g/mol. The summed E-state index contributed by atoms with van der Waals surface area (Å²) in [5.41, 5.74) is 0. The predicted octanol–water partition coefficient (Wildman–Crippen LogP) is 3.15. The van der Waals surface area contributed by atoms with Gasteiger partial charge in [0.15, 0.2) is 0 Å². The van der Waals surface area contributed by atoms with Gasteiger partial charge in [-0.2, -0.15) is 0 Å². The first-order chi connectivity index (χ1) is 14.0. The zero-order chi connectivity index (χ0) is 21.7. The Kier molecular flexibility index (Phi) is 26.4. The number of carboxylic acids is 1. The SMILES string of the molecule is CCCCCC/C=C/C(C)CCN(CCC(C)/C=C/CCCCCC)CC(=O)[O-].[K+]. The van der Waals surface area contributed by atoms with Crippen molar-refractivity contribution in [1.29, 1.82) is 0 Å². The average Bonchev–Trinajstić information content (AvgIpc) is 2.69. The quantitative estimate of drug-likeness (QED) is 0.164. The van der Waals surface area contributed by atoms with Crippen molar-refractivity contribution >= 4 is 5.97 Å². The van der Waals surface area contributed by atoms with Crippen LogP contribution in [-0.4, -0.2) is 30.5 Å². The topological polar surface area (TPSA) is 43.4 Å². The van der Waals surface area contributed by atoms with Crippen LogP contribution in [0, 0.1) is 11.8 Å². The van der Waals surface area contributed by atoms with Crippen LogP contribution in [0.3, 0.4) is 0 Å². The summed E-state index contributed by atoms with van der Waals surface area (Å²) in [6.07, 6.45) is 23.9. The Morgan fingerprint density at radius 2 is 1.23 bits per heavy atom. The van der Waals surface area contributed by atoms with Gasteiger partial charge in [-0.15, -0.1) is 0 Å². The van der Waals surface area contributed by atoms with Crippen LogP contribution in [0.5, 0.6) is 0 Å². The molecule has 0 spiro atoms.